The third-order valence-corrected chi connectivity index (χ3v) is 6.19. The summed E-state index contributed by atoms with van der Waals surface area (Å²) in [5.74, 6) is -2.24. The second-order valence-corrected chi connectivity index (χ2v) is 10.0. The lowest BCUT2D eigenvalue weighted by Gasteiger charge is -2.35. The van der Waals surface area contributed by atoms with Gasteiger partial charge in [0.05, 0.1) is 28.9 Å². The molecule has 3 unspecified atom stereocenters. The number of carbonyl (C=O) groups is 3. The number of amides is 2. The fourth-order valence-electron chi connectivity index (χ4n) is 4.29. The zero-order valence-electron chi connectivity index (χ0n) is 20.7. The van der Waals surface area contributed by atoms with Gasteiger partial charge in [0.1, 0.15) is 11.8 Å². The Bertz CT molecular complexity index is 983. The largest absolute Gasteiger partial charge is 0.478 e. The molecule has 3 rings (SSSR count). The lowest BCUT2D eigenvalue weighted by molar-refractivity contribution is -0.124. The van der Waals surface area contributed by atoms with E-state index in [4.69, 9.17) is 15.9 Å². The predicted molar refractivity (Wildman–Crippen MR) is 133 cm³/mol. The minimum absolute atomic E-state index is 0.139. The van der Waals surface area contributed by atoms with Crippen LogP contribution in [0.2, 0.25) is 0 Å². The van der Waals surface area contributed by atoms with E-state index in [9.17, 15) is 19.5 Å². The van der Waals surface area contributed by atoms with Crippen LogP contribution in [-0.4, -0.2) is 70.6 Å². The molecule has 0 bridgehead atoms. The number of nitrogens with zero attached hydrogens (tertiary/aromatic N) is 1. The number of likely N-dealkylation sites (tertiary alicyclic amines) is 1. The zero-order valence-corrected chi connectivity index (χ0v) is 20.7. The van der Waals surface area contributed by atoms with E-state index in [0.717, 1.165) is 0 Å². The van der Waals surface area contributed by atoms with Gasteiger partial charge in [0.2, 0.25) is 5.91 Å². The molecule has 1 aromatic carbocycles. The maximum atomic E-state index is 13.3. The topological polar surface area (TPSA) is 170 Å². The van der Waals surface area contributed by atoms with Crippen molar-refractivity contribution in [3.63, 3.8) is 0 Å². The van der Waals surface area contributed by atoms with E-state index in [-0.39, 0.29) is 29.3 Å². The van der Waals surface area contributed by atoms with Crippen LogP contribution < -0.4 is 21.7 Å². The zero-order chi connectivity index (χ0) is 25.9. The van der Waals surface area contributed by atoms with Crippen LogP contribution in [-0.2, 0) is 9.53 Å². The third-order valence-electron chi connectivity index (χ3n) is 6.19. The minimum atomic E-state index is -1.04. The number of aromatic carboxylic acids is 1. The number of fused-ring (bicyclic) bond motifs is 1. The van der Waals surface area contributed by atoms with Crippen molar-refractivity contribution in [3.05, 3.63) is 23.8 Å². The van der Waals surface area contributed by atoms with Crippen LogP contribution in [0.5, 0.6) is 0 Å². The molecule has 1 fully saturated rings. The normalized spacial score (nSPS) is 19.6. The van der Waals surface area contributed by atoms with Gasteiger partial charge in [0.15, 0.2) is 0 Å². The highest BCUT2D eigenvalue weighted by Crippen LogP contribution is 2.32. The molecule has 2 aliphatic heterocycles. The highest BCUT2D eigenvalue weighted by Gasteiger charge is 2.38. The minimum Gasteiger partial charge on any atom is -0.478 e. The number of nitrogens with two attached hydrogens (primary N) is 1. The number of rotatable bonds is 7. The molecule has 1 aromatic rings. The van der Waals surface area contributed by atoms with Crippen molar-refractivity contribution in [2.45, 2.75) is 70.8 Å². The van der Waals surface area contributed by atoms with Gasteiger partial charge in [-0.2, -0.15) is 0 Å². The summed E-state index contributed by atoms with van der Waals surface area (Å²) >= 11 is 0. The highest BCUT2D eigenvalue weighted by atomic mass is 16.6. The van der Waals surface area contributed by atoms with Gasteiger partial charge in [-0.15, -0.1) is 0 Å². The smallest absolute Gasteiger partial charge is 0.410 e. The Morgan fingerprint density at radius 1 is 1.23 bits per heavy atom. The molecular weight excluding hydrogens is 452 g/mol. The monoisotopic (exact) mass is 488 g/mol. The van der Waals surface area contributed by atoms with Crippen molar-refractivity contribution in [2.24, 2.45) is 11.7 Å². The number of ether oxygens (including phenoxy) is 1. The van der Waals surface area contributed by atoms with Gasteiger partial charge in [0.25, 0.3) is 0 Å². The maximum absolute atomic E-state index is 13.3. The number of nitrogens with one attached hydrogen (secondary N) is 4. The van der Waals surface area contributed by atoms with Gasteiger partial charge in [-0.05, 0) is 58.2 Å². The number of carboxylic acids is 1. The summed E-state index contributed by atoms with van der Waals surface area (Å²) in [5, 5.41) is 27.0. The average Bonchev–Trinajstić information content (AvgIpc) is 3.21. The summed E-state index contributed by atoms with van der Waals surface area (Å²) in [6.45, 7) is 8.20. The van der Waals surface area contributed by atoms with Crippen LogP contribution >= 0.6 is 0 Å². The first-order chi connectivity index (χ1) is 16.4. The number of anilines is 2. The Morgan fingerprint density at radius 3 is 2.43 bits per heavy atom. The van der Waals surface area contributed by atoms with Crippen LogP contribution in [0.1, 0.15) is 57.3 Å². The summed E-state index contributed by atoms with van der Waals surface area (Å²) < 4.78 is 5.42. The molecule has 0 saturated carbocycles. The van der Waals surface area contributed by atoms with Crippen molar-refractivity contribution < 1.29 is 24.2 Å². The predicted octanol–water partition coefficient (Wildman–Crippen LogP) is 2.44. The number of carboxylic acid groups (broad SMARTS) is 1. The molecule has 0 aliphatic carbocycles. The molecule has 3 atom stereocenters. The first kappa shape index (κ1) is 26.3. The van der Waals surface area contributed by atoms with E-state index in [0.29, 0.717) is 43.7 Å². The summed E-state index contributed by atoms with van der Waals surface area (Å²) in [5.41, 5.74) is 7.55. The molecule has 2 aliphatic rings. The third kappa shape index (κ3) is 6.41. The number of benzene rings is 1. The van der Waals surface area contributed by atoms with E-state index >= 15 is 0 Å². The van der Waals surface area contributed by atoms with Crippen LogP contribution in [0.3, 0.4) is 0 Å². The summed E-state index contributed by atoms with van der Waals surface area (Å²) in [6, 6.07) is 3.74. The standard InChI is InChI=1S/C24H36N6O5/c1-5-15(25)18(19(26)20-28-16-7-6-13(22(32)33)12-17(16)29-20)21(31)27-14-8-10-30(11-9-14)23(34)35-24(2,3)4/h6-7,12,14,18-20,25,28-29H,5,8-11,26H2,1-4H3,(H,27,31)(H,32,33). The SMILES string of the molecule is CCC(=N)C(C(=O)NC1CCN(C(=O)OC(C)(C)C)CC1)C(N)C1Nc2ccc(C(=O)O)cc2N1. The molecule has 0 spiro atoms. The molecule has 2 heterocycles. The molecule has 192 valence electrons. The van der Waals surface area contributed by atoms with Crippen LogP contribution in [0.15, 0.2) is 18.2 Å². The van der Waals surface area contributed by atoms with Gasteiger partial charge >= 0.3 is 12.1 Å². The molecule has 0 radical (unpaired) electrons. The Morgan fingerprint density at radius 2 is 1.86 bits per heavy atom. The molecule has 35 heavy (non-hydrogen) atoms. The van der Waals surface area contributed by atoms with Gasteiger partial charge in [-0.1, -0.05) is 6.92 Å². The molecule has 2 amide bonds. The molecule has 1 saturated heterocycles. The quantitative estimate of drug-likeness (QED) is 0.318. The van der Waals surface area contributed by atoms with Crippen LogP contribution in [0.25, 0.3) is 0 Å². The average molecular weight is 489 g/mol. The Kier molecular flexibility index (Phi) is 7.89. The van der Waals surface area contributed by atoms with Crippen LogP contribution in [0, 0.1) is 11.3 Å². The molecule has 0 aromatic heterocycles. The Balaban J connectivity index is 1.61. The second kappa shape index (κ2) is 10.5. The molecule has 11 heteroatoms. The van der Waals surface area contributed by atoms with E-state index in [1.54, 1.807) is 17.9 Å². The first-order valence-corrected chi connectivity index (χ1v) is 11.9. The maximum Gasteiger partial charge on any atom is 0.410 e. The second-order valence-electron chi connectivity index (χ2n) is 10.0. The summed E-state index contributed by atoms with van der Waals surface area (Å²) in [6.07, 6.45) is 0.613. The fourth-order valence-corrected chi connectivity index (χ4v) is 4.29. The lowest BCUT2D eigenvalue weighted by atomic mass is 9.89. The number of hydrogen-bond acceptors (Lipinski definition) is 8. The van der Waals surface area contributed by atoms with Crippen molar-refractivity contribution in [1.82, 2.24) is 10.2 Å². The van der Waals surface area contributed by atoms with Gasteiger partial charge in [0, 0.05) is 24.8 Å². The van der Waals surface area contributed by atoms with E-state index in [1.807, 2.05) is 20.8 Å². The number of carbonyl (C=O) groups excluding carboxylic acids is 2. The Labute approximate surface area is 205 Å². The van der Waals surface area contributed by atoms with E-state index in [2.05, 4.69) is 16.0 Å². The lowest BCUT2D eigenvalue weighted by Crippen LogP contribution is -2.57. The molecule has 11 nitrogen and oxygen atoms in total. The van der Waals surface area contributed by atoms with Crippen molar-refractivity contribution in [1.29, 1.82) is 5.41 Å². The highest BCUT2D eigenvalue weighted by molar-refractivity contribution is 6.04. The fraction of sp³-hybridized carbons (Fsp3) is 0.583. The first-order valence-electron chi connectivity index (χ1n) is 11.9. The number of hydrogen-bond donors (Lipinski definition) is 6. The van der Waals surface area contributed by atoms with Crippen molar-refractivity contribution in [3.8, 4) is 0 Å². The number of piperidine rings is 1. The summed E-state index contributed by atoms with van der Waals surface area (Å²) in [4.78, 5) is 38.5. The van der Waals surface area contributed by atoms with Gasteiger partial charge in [-0.25, -0.2) is 9.59 Å². The van der Waals surface area contributed by atoms with E-state index < -0.39 is 29.7 Å². The summed E-state index contributed by atoms with van der Waals surface area (Å²) in [7, 11) is 0. The van der Waals surface area contributed by atoms with E-state index in [1.165, 1.54) is 12.1 Å². The van der Waals surface area contributed by atoms with Crippen molar-refractivity contribution in [2.75, 3.05) is 23.7 Å². The van der Waals surface area contributed by atoms with Crippen molar-refractivity contribution >= 4 is 35.1 Å². The Hall–Kier alpha value is -3.34. The van der Waals surface area contributed by atoms with Gasteiger partial charge < -0.3 is 41.8 Å². The van der Waals surface area contributed by atoms with Gasteiger partial charge in [-0.3, -0.25) is 4.79 Å². The molecule has 7 N–H and O–H groups in total. The molecular formula is C24H36N6O5. The van der Waals surface area contributed by atoms with Crippen LogP contribution in [0.4, 0.5) is 16.2 Å².